The van der Waals surface area contributed by atoms with E-state index in [1.54, 1.807) is 13.8 Å². The summed E-state index contributed by atoms with van der Waals surface area (Å²) in [5.74, 6) is -1.17. The second-order valence-corrected chi connectivity index (χ2v) is 5.86. The van der Waals surface area contributed by atoms with Crippen LogP contribution in [0.4, 0.5) is 5.69 Å². The van der Waals surface area contributed by atoms with Crippen molar-refractivity contribution in [2.45, 2.75) is 18.7 Å². The molecule has 0 aliphatic heterocycles. The van der Waals surface area contributed by atoms with Crippen molar-refractivity contribution in [3.05, 3.63) is 47.6 Å². The van der Waals surface area contributed by atoms with Crippen molar-refractivity contribution in [2.24, 2.45) is 0 Å². The van der Waals surface area contributed by atoms with Crippen LogP contribution < -0.4 is 5.32 Å². The Labute approximate surface area is 134 Å². The normalized spacial score (nSPS) is 12.9. The van der Waals surface area contributed by atoms with Crippen molar-refractivity contribution < 1.29 is 27.7 Å². The first-order valence-corrected chi connectivity index (χ1v) is 8.04. The fourth-order valence-electron chi connectivity index (χ4n) is 1.87. The summed E-state index contributed by atoms with van der Waals surface area (Å²) in [7, 11) is -4.31. The van der Waals surface area contributed by atoms with E-state index >= 15 is 0 Å². The molecule has 8 heteroatoms. The molecule has 1 rings (SSSR count). The van der Waals surface area contributed by atoms with Crippen LogP contribution in [0.3, 0.4) is 0 Å². The summed E-state index contributed by atoms with van der Waals surface area (Å²) in [4.78, 5) is 23.5. The van der Waals surface area contributed by atoms with Gasteiger partial charge in [-0.1, -0.05) is 12.2 Å². The van der Waals surface area contributed by atoms with Gasteiger partial charge in [0.25, 0.3) is 16.0 Å². The fraction of sp³-hybridized carbons (Fsp3) is 0.200. The molecule has 0 saturated carbocycles. The summed E-state index contributed by atoms with van der Waals surface area (Å²) in [5.41, 5.74) is 0.459. The number of rotatable bonds is 6. The summed E-state index contributed by atoms with van der Waals surface area (Å²) >= 11 is 0. The molecule has 1 aromatic carbocycles. The highest BCUT2D eigenvalue weighted by Crippen LogP contribution is 2.17. The van der Waals surface area contributed by atoms with E-state index in [-0.39, 0.29) is 21.7 Å². The van der Waals surface area contributed by atoms with E-state index in [0.29, 0.717) is 0 Å². The molecule has 0 aromatic heterocycles. The first kappa shape index (κ1) is 18.8. The zero-order valence-electron chi connectivity index (χ0n) is 12.6. The van der Waals surface area contributed by atoms with Crippen LogP contribution in [-0.2, 0) is 19.7 Å². The van der Waals surface area contributed by atoms with Crippen molar-refractivity contribution in [1.29, 1.82) is 0 Å². The van der Waals surface area contributed by atoms with Gasteiger partial charge in [-0.3, -0.25) is 14.1 Å². The Morgan fingerprint density at radius 1 is 1.09 bits per heavy atom. The third-order valence-electron chi connectivity index (χ3n) is 2.97. The van der Waals surface area contributed by atoms with Gasteiger partial charge in [-0.05, 0) is 38.1 Å². The lowest BCUT2D eigenvalue weighted by atomic mass is 10.0. The molecule has 0 saturated heterocycles. The van der Waals surface area contributed by atoms with E-state index in [0.717, 1.165) is 12.1 Å². The molecule has 0 radical (unpaired) electrons. The summed E-state index contributed by atoms with van der Waals surface area (Å²) in [5, 5.41) is 11.4. The van der Waals surface area contributed by atoms with Gasteiger partial charge < -0.3 is 10.4 Å². The molecule has 0 spiro atoms. The molecular weight excluding hydrogens is 322 g/mol. The molecule has 0 aliphatic rings. The molecule has 1 aromatic rings. The van der Waals surface area contributed by atoms with Gasteiger partial charge in [-0.25, -0.2) is 0 Å². The highest BCUT2D eigenvalue weighted by molar-refractivity contribution is 7.85. The minimum atomic E-state index is -4.31. The Balaban J connectivity index is 3.00. The monoisotopic (exact) mass is 339 g/mol. The summed E-state index contributed by atoms with van der Waals surface area (Å²) < 4.78 is 30.8. The van der Waals surface area contributed by atoms with Gasteiger partial charge in [0.2, 0.25) is 0 Å². The molecule has 7 nitrogen and oxygen atoms in total. The number of hydrogen-bond donors (Lipinski definition) is 3. The SMILES string of the molecule is CC=C(C(=O)CO)C(=CC)C(=O)Nc1ccc(S(=O)(=O)O)cc1. The standard InChI is InChI=1S/C15H17NO6S/c1-3-12(14(18)9-17)13(4-2)15(19)16-10-5-7-11(8-6-10)23(20,21)22/h3-8,17H,9H2,1-2H3,(H,16,19)(H,20,21,22). The van der Waals surface area contributed by atoms with Crippen LogP contribution in [0.2, 0.25) is 0 Å². The Hall–Kier alpha value is -2.29. The Morgan fingerprint density at radius 2 is 1.61 bits per heavy atom. The third-order valence-corrected chi connectivity index (χ3v) is 3.83. The lowest BCUT2D eigenvalue weighted by molar-refractivity contribution is -0.119. The predicted molar refractivity (Wildman–Crippen MR) is 84.5 cm³/mol. The Morgan fingerprint density at radius 3 is 2.00 bits per heavy atom. The average Bonchev–Trinajstić information content (AvgIpc) is 2.51. The van der Waals surface area contributed by atoms with Gasteiger partial charge in [0.05, 0.1) is 4.90 Å². The fourth-order valence-corrected chi connectivity index (χ4v) is 2.35. The maximum absolute atomic E-state index is 12.2. The second-order valence-electron chi connectivity index (χ2n) is 4.44. The molecule has 0 bridgehead atoms. The lowest BCUT2D eigenvalue weighted by Gasteiger charge is -2.11. The van der Waals surface area contributed by atoms with Gasteiger partial charge >= 0.3 is 0 Å². The first-order valence-electron chi connectivity index (χ1n) is 6.60. The topological polar surface area (TPSA) is 121 Å². The molecule has 0 fully saturated rings. The van der Waals surface area contributed by atoms with Gasteiger partial charge in [-0.15, -0.1) is 0 Å². The van der Waals surface area contributed by atoms with Crippen molar-refractivity contribution >= 4 is 27.5 Å². The first-order chi connectivity index (χ1) is 10.7. The Bertz CT molecular complexity index is 760. The van der Waals surface area contributed by atoms with Gasteiger partial charge in [-0.2, -0.15) is 8.42 Å². The molecule has 23 heavy (non-hydrogen) atoms. The largest absolute Gasteiger partial charge is 0.388 e. The number of aliphatic hydroxyl groups excluding tert-OH is 1. The van der Waals surface area contributed by atoms with Crippen LogP contribution in [0.1, 0.15) is 13.8 Å². The van der Waals surface area contributed by atoms with Crippen LogP contribution in [0, 0.1) is 0 Å². The number of benzene rings is 1. The van der Waals surface area contributed by atoms with Crippen LogP contribution in [0.25, 0.3) is 0 Å². The van der Waals surface area contributed by atoms with E-state index < -0.39 is 28.4 Å². The predicted octanol–water partition coefficient (Wildman–Crippen LogP) is 1.33. The summed E-state index contributed by atoms with van der Waals surface area (Å²) in [6.45, 7) is 2.43. The zero-order chi connectivity index (χ0) is 17.6. The second kappa shape index (κ2) is 7.82. The van der Waals surface area contributed by atoms with Crippen molar-refractivity contribution in [3.63, 3.8) is 0 Å². The number of carbonyl (C=O) groups excluding carboxylic acids is 2. The van der Waals surface area contributed by atoms with E-state index in [1.165, 1.54) is 24.3 Å². The van der Waals surface area contributed by atoms with E-state index in [1.807, 2.05) is 0 Å². The highest BCUT2D eigenvalue weighted by atomic mass is 32.2. The van der Waals surface area contributed by atoms with E-state index in [4.69, 9.17) is 9.66 Å². The number of carbonyl (C=O) groups is 2. The molecule has 124 valence electrons. The Kier molecular flexibility index (Phi) is 6.38. The maximum atomic E-state index is 12.2. The zero-order valence-corrected chi connectivity index (χ0v) is 13.4. The number of hydrogen-bond acceptors (Lipinski definition) is 5. The third kappa shape index (κ3) is 4.85. The van der Waals surface area contributed by atoms with Crippen molar-refractivity contribution in [1.82, 2.24) is 0 Å². The van der Waals surface area contributed by atoms with Gasteiger partial charge in [0.15, 0.2) is 5.78 Å². The number of aliphatic hydroxyl groups is 1. The molecule has 3 N–H and O–H groups in total. The number of Topliss-reactive ketones (excluding diaryl/α,β-unsaturated/α-hetero) is 1. The summed E-state index contributed by atoms with van der Waals surface area (Å²) in [6.07, 6.45) is 2.86. The number of nitrogens with one attached hydrogen (secondary N) is 1. The van der Waals surface area contributed by atoms with E-state index in [9.17, 15) is 18.0 Å². The number of amides is 1. The molecular formula is C15H17NO6S. The lowest BCUT2D eigenvalue weighted by Crippen LogP contribution is -2.20. The quantitative estimate of drug-likeness (QED) is 0.408. The van der Waals surface area contributed by atoms with Crippen LogP contribution in [0.5, 0.6) is 0 Å². The van der Waals surface area contributed by atoms with Crippen LogP contribution in [0.15, 0.2) is 52.5 Å². The van der Waals surface area contributed by atoms with Crippen molar-refractivity contribution in [3.8, 4) is 0 Å². The molecule has 0 unspecified atom stereocenters. The summed E-state index contributed by atoms with van der Waals surface area (Å²) in [6, 6.07) is 4.88. The minimum Gasteiger partial charge on any atom is -0.388 e. The minimum absolute atomic E-state index is 0.0852. The smallest absolute Gasteiger partial charge is 0.294 e. The number of ketones is 1. The van der Waals surface area contributed by atoms with Crippen molar-refractivity contribution in [2.75, 3.05) is 11.9 Å². The maximum Gasteiger partial charge on any atom is 0.294 e. The molecule has 0 heterocycles. The number of anilines is 1. The average molecular weight is 339 g/mol. The van der Waals surface area contributed by atoms with Gasteiger partial charge in [0.1, 0.15) is 6.61 Å². The van der Waals surface area contributed by atoms with Gasteiger partial charge in [0, 0.05) is 16.8 Å². The highest BCUT2D eigenvalue weighted by Gasteiger charge is 2.19. The van der Waals surface area contributed by atoms with E-state index in [2.05, 4.69) is 5.32 Å². The molecule has 0 aliphatic carbocycles. The van der Waals surface area contributed by atoms with Crippen LogP contribution >= 0.6 is 0 Å². The number of allylic oxidation sites excluding steroid dienone is 2. The molecule has 0 atom stereocenters. The van der Waals surface area contributed by atoms with Crippen LogP contribution in [-0.4, -0.2) is 36.4 Å². The molecule has 1 amide bonds.